The molecular weight excluding hydrogens is 210 g/mol. The van der Waals surface area contributed by atoms with Crippen LogP contribution in [0.2, 0.25) is 0 Å². The molecule has 1 unspecified atom stereocenters. The molecule has 0 saturated heterocycles. The van der Waals surface area contributed by atoms with E-state index in [0.29, 0.717) is 6.42 Å². The van der Waals surface area contributed by atoms with E-state index in [1.807, 2.05) is 0 Å². The third-order valence-electron chi connectivity index (χ3n) is 4.29. The van der Waals surface area contributed by atoms with Gasteiger partial charge in [-0.15, -0.1) is 0 Å². The lowest BCUT2D eigenvalue weighted by molar-refractivity contribution is 0.432. The van der Waals surface area contributed by atoms with Crippen LogP contribution < -0.4 is 5.73 Å². The van der Waals surface area contributed by atoms with Crippen molar-refractivity contribution in [1.82, 2.24) is 4.57 Å². The van der Waals surface area contributed by atoms with Crippen molar-refractivity contribution < 1.29 is 0 Å². The summed E-state index contributed by atoms with van der Waals surface area (Å²) in [5.74, 6) is 0. The number of fused-ring (bicyclic) bond motifs is 1. The summed E-state index contributed by atoms with van der Waals surface area (Å²) in [4.78, 5) is 0. The molecule has 0 spiro atoms. The molecule has 3 nitrogen and oxygen atoms in total. The quantitative estimate of drug-likeness (QED) is 0.865. The first-order valence-electron chi connectivity index (χ1n) is 6.54. The van der Waals surface area contributed by atoms with E-state index in [-0.39, 0.29) is 11.5 Å². The van der Waals surface area contributed by atoms with Gasteiger partial charge in [-0.25, -0.2) is 0 Å². The van der Waals surface area contributed by atoms with Crippen LogP contribution in [0, 0.1) is 16.7 Å². The van der Waals surface area contributed by atoms with Crippen LogP contribution in [0.5, 0.6) is 0 Å². The number of hydrogen-bond donors (Lipinski definition) is 1. The van der Waals surface area contributed by atoms with Crippen LogP contribution >= 0.6 is 0 Å². The maximum absolute atomic E-state index is 8.84. The van der Waals surface area contributed by atoms with E-state index in [1.54, 1.807) is 0 Å². The van der Waals surface area contributed by atoms with Gasteiger partial charge in [-0.2, -0.15) is 5.26 Å². The Morgan fingerprint density at radius 3 is 2.94 bits per heavy atom. The van der Waals surface area contributed by atoms with Crippen LogP contribution in [-0.2, 0) is 13.0 Å². The highest BCUT2D eigenvalue weighted by atomic mass is 15.0. The second kappa shape index (κ2) is 3.89. The zero-order valence-corrected chi connectivity index (χ0v) is 10.2. The Morgan fingerprint density at radius 1 is 1.47 bits per heavy atom. The summed E-state index contributed by atoms with van der Waals surface area (Å²) in [5, 5.41) is 8.84. The molecule has 0 bridgehead atoms. The zero-order valence-electron chi connectivity index (χ0n) is 10.2. The molecule has 0 amide bonds. The predicted molar refractivity (Wildman–Crippen MR) is 66.2 cm³/mol. The normalized spacial score (nSPS) is 25.1. The molecular formula is C14H19N3. The molecule has 1 atom stereocenters. The Labute approximate surface area is 102 Å². The average Bonchev–Trinajstić information content (AvgIpc) is 2.90. The fraction of sp³-hybridized carbons (Fsp3) is 0.643. The molecule has 1 fully saturated rings. The van der Waals surface area contributed by atoms with Gasteiger partial charge in [0.15, 0.2) is 0 Å². The first kappa shape index (κ1) is 10.9. The molecule has 2 aliphatic carbocycles. The van der Waals surface area contributed by atoms with Crippen molar-refractivity contribution in [1.29, 1.82) is 5.26 Å². The van der Waals surface area contributed by atoms with Gasteiger partial charge in [0.2, 0.25) is 0 Å². The molecule has 1 saturated carbocycles. The number of rotatable bonds is 3. The van der Waals surface area contributed by atoms with Crippen LogP contribution in [0.3, 0.4) is 0 Å². The van der Waals surface area contributed by atoms with Crippen LogP contribution in [0.1, 0.15) is 49.3 Å². The smallest absolute Gasteiger partial charge is 0.0628 e. The van der Waals surface area contributed by atoms with Crippen LogP contribution in [0.25, 0.3) is 0 Å². The highest BCUT2D eigenvalue weighted by molar-refractivity contribution is 5.30. The van der Waals surface area contributed by atoms with Gasteiger partial charge in [0.1, 0.15) is 0 Å². The fourth-order valence-electron chi connectivity index (χ4n) is 3.00. The average molecular weight is 229 g/mol. The predicted octanol–water partition coefficient (Wildman–Crippen LogP) is 2.52. The largest absolute Gasteiger partial charge is 0.353 e. The summed E-state index contributed by atoms with van der Waals surface area (Å²) in [6, 6.07) is 2.55. The molecule has 0 radical (unpaired) electrons. The minimum absolute atomic E-state index is 0.228. The number of nitrogens with two attached hydrogens (primary N) is 1. The number of aryl methyl sites for hydroxylation is 1. The summed E-state index contributed by atoms with van der Waals surface area (Å²) in [5.41, 5.74) is 9.17. The summed E-state index contributed by atoms with van der Waals surface area (Å²) in [6.45, 7) is 1.00. The van der Waals surface area contributed by atoms with Crippen molar-refractivity contribution in [2.45, 2.75) is 51.1 Å². The van der Waals surface area contributed by atoms with Gasteiger partial charge in [-0.3, -0.25) is 0 Å². The van der Waals surface area contributed by atoms with E-state index in [1.165, 1.54) is 36.8 Å². The second-order valence-electron chi connectivity index (χ2n) is 5.74. The van der Waals surface area contributed by atoms with Gasteiger partial charge < -0.3 is 10.3 Å². The van der Waals surface area contributed by atoms with Gasteiger partial charge in [0.05, 0.1) is 6.07 Å². The zero-order chi connectivity index (χ0) is 11.9. The third-order valence-corrected chi connectivity index (χ3v) is 4.29. The molecule has 0 aliphatic heterocycles. The summed E-state index contributed by atoms with van der Waals surface area (Å²) in [6.07, 6.45) is 11.1. The number of hydrogen-bond acceptors (Lipinski definition) is 2. The lowest BCUT2D eigenvalue weighted by Crippen LogP contribution is -2.15. The Hall–Kier alpha value is -1.27. The molecule has 1 aromatic heterocycles. The monoisotopic (exact) mass is 229 g/mol. The van der Waals surface area contributed by atoms with Gasteiger partial charge in [-0.05, 0) is 43.2 Å². The minimum atomic E-state index is 0.228. The highest BCUT2D eigenvalue weighted by Gasteiger charge is 2.42. The van der Waals surface area contributed by atoms with Crippen LogP contribution in [-0.4, -0.2) is 4.57 Å². The molecule has 2 aliphatic rings. The van der Waals surface area contributed by atoms with E-state index in [0.717, 1.165) is 13.0 Å². The van der Waals surface area contributed by atoms with E-state index in [9.17, 15) is 0 Å². The number of nitrogens with zero attached hydrogens (tertiary/aromatic N) is 2. The minimum Gasteiger partial charge on any atom is -0.353 e. The van der Waals surface area contributed by atoms with E-state index >= 15 is 0 Å². The Morgan fingerprint density at radius 2 is 2.29 bits per heavy atom. The van der Waals surface area contributed by atoms with Crippen molar-refractivity contribution >= 4 is 0 Å². The summed E-state index contributed by atoms with van der Waals surface area (Å²) >= 11 is 0. The molecule has 2 N–H and O–H groups in total. The summed E-state index contributed by atoms with van der Waals surface area (Å²) < 4.78 is 2.28. The fourth-order valence-corrected chi connectivity index (χ4v) is 3.00. The van der Waals surface area contributed by atoms with Crippen molar-refractivity contribution in [3.8, 4) is 6.07 Å². The van der Waals surface area contributed by atoms with E-state index in [4.69, 9.17) is 11.0 Å². The maximum Gasteiger partial charge on any atom is 0.0628 e. The Balaban J connectivity index is 1.79. The van der Waals surface area contributed by atoms with Gasteiger partial charge >= 0.3 is 0 Å². The Kier molecular flexibility index (Phi) is 2.48. The molecule has 3 rings (SSSR count). The maximum atomic E-state index is 8.84. The van der Waals surface area contributed by atoms with Crippen molar-refractivity contribution in [2.75, 3.05) is 0 Å². The second-order valence-corrected chi connectivity index (χ2v) is 5.74. The molecule has 1 heterocycles. The van der Waals surface area contributed by atoms with Crippen molar-refractivity contribution in [3.05, 3.63) is 23.5 Å². The molecule has 90 valence electrons. The molecule has 17 heavy (non-hydrogen) atoms. The summed E-state index contributed by atoms with van der Waals surface area (Å²) in [7, 11) is 0. The van der Waals surface area contributed by atoms with E-state index in [2.05, 4.69) is 23.0 Å². The molecule has 0 aromatic carbocycles. The lowest BCUT2D eigenvalue weighted by atomic mass is 9.92. The standard InChI is InChI=1S/C14H19N3/c15-7-6-14(4-5-14)10-17-8-11-2-1-3-13(16)12(11)9-17/h8-9,13H,1-6,10,16H2. The lowest BCUT2D eigenvalue weighted by Gasteiger charge is -2.17. The number of nitriles is 1. The van der Waals surface area contributed by atoms with Crippen LogP contribution in [0.15, 0.2) is 12.4 Å². The van der Waals surface area contributed by atoms with Gasteiger partial charge in [0.25, 0.3) is 0 Å². The first-order chi connectivity index (χ1) is 8.22. The Bertz CT molecular complexity index is 462. The van der Waals surface area contributed by atoms with Gasteiger partial charge in [-0.1, -0.05) is 0 Å². The molecule has 3 heteroatoms. The first-order valence-corrected chi connectivity index (χ1v) is 6.54. The topological polar surface area (TPSA) is 54.7 Å². The SMILES string of the molecule is N#CCC1(Cn2cc3c(c2)C(N)CCC3)CC1. The van der Waals surface area contributed by atoms with Crippen molar-refractivity contribution in [2.24, 2.45) is 11.1 Å². The third kappa shape index (κ3) is 1.98. The van der Waals surface area contributed by atoms with Crippen molar-refractivity contribution in [3.63, 3.8) is 0 Å². The molecule has 1 aromatic rings. The number of aromatic nitrogens is 1. The van der Waals surface area contributed by atoms with Gasteiger partial charge in [0, 0.05) is 36.8 Å². The van der Waals surface area contributed by atoms with E-state index < -0.39 is 0 Å². The highest BCUT2D eigenvalue weighted by Crippen LogP contribution is 2.50. The van der Waals surface area contributed by atoms with Crippen LogP contribution in [0.4, 0.5) is 0 Å².